The standard InChI is InChI=1S/C24H26N2OS/c1-4-17(2)20-12-8-9-13-21(20)25-24(28)26-22-16-19(14-15-23(22)27-3)18-10-6-5-7-11-18/h5-17H,4H2,1-3H3,(H2,25,26,28). The van der Waals surface area contributed by atoms with Crippen LogP contribution in [-0.2, 0) is 0 Å². The van der Waals surface area contributed by atoms with Gasteiger partial charge in [0.1, 0.15) is 5.75 Å². The van der Waals surface area contributed by atoms with Gasteiger partial charge in [-0.25, -0.2) is 0 Å². The fourth-order valence-corrected chi connectivity index (χ4v) is 3.37. The molecule has 0 aliphatic carbocycles. The molecule has 0 fully saturated rings. The first-order chi connectivity index (χ1) is 13.6. The molecule has 0 bridgehead atoms. The Kier molecular flexibility index (Phi) is 6.66. The van der Waals surface area contributed by atoms with Gasteiger partial charge in [-0.1, -0.05) is 68.4 Å². The largest absolute Gasteiger partial charge is 0.495 e. The quantitative estimate of drug-likeness (QED) is 0.460. The van der Waals surface area contributed by atoms with Crippen molar-refractivity contribution < 1.29 is 4.74 Å². The predicted octanol–water partition coefficient (Wildman–Crippen LogP) is 6.68. The maximum Gasteiger partial charge on any atom is 0.175 e. The first-order valence-corrected chi connectivity index (χ1v) is 9.93. The lowest BCUT2D eigenvalue weighted by atomic mass is 9.97. The number of hydrogen-bond acceptors (Lipinski definition) is 2. The highest BCUT2D eigenvalue weighted by atomic mass is 32.1. The topological polar surface area (TPSA) is 33.3 Å². The van der Waals surface area contributed by atoms with Crippen LogP contribution in [-0.4, -0.2) is 12.2 Å². The third kappa shape index (κ3) is 4.70. The van der Waals surface area contributed by atoms with Gasteiger partial charge in [-0.3, -0.25) is 0 Å². The second kappa shape index (κ2) is 9.38. The number of para-hydroxylation sites is 1. The Morgan fingerprint density at radius 2 is 1.57 bits per heavy atom. The lowest BCUT2D eigenvalue weighted by Gasteiger charge is -2.18. The molecular formula is C24H26N2OS. The van der Waals surface area contributed by atoms with Crippen LogP contribution in [0.4, 0.5) is 11.4 Å². The molecule has 3 rings (SSSR count). The Morgan fingerprint density at radius 3 is 2.29 bits per heavy atom. The minimum absolute atomic E-state index is 0.461. The number of nitrogens with one attached hydrogen (secondary N) is 2. The normalized spacial score (nSPS) is 11.5. The summed E-state index contributed by atoms with van der Waals surface area (Å²) >= 11 is 5.59. The van der Waals surface area contributed by atoms with Crippen LogP contribution in [0, 0.1) is 0 Å². The number of thiocarbonyl (C=S) groups is 1. The number of methoxy groups -OCH3 is 1. The van der Waals surface area contributed by atoms with Gasteiger partial charge in [0.25, 0.3) is 0 Å². The zero-order chi connectivity index (χ0) is 19.9. The van der Waals surface area contributed by atoms with E-state index in [0.717, 1.165) is 34.7 Å². The van der Waals surface area contributed by atoms with Gasteiger partial charge in [0.15, 0.2) is 5.11 Å². The Hall–Kier alpha value is -2.85. The van der Waals surface area contributed by atoms with E-state index >= 15 is 0 Å². The van der Waals surface area contributed by atoms with E-state index in [1.807, 2.05) is 36.4 Å². The van der Waals surface area contributed by atoms with Crippen LogP contribution in [0.15, 0.2) is 72.8 Å². The molecule has 0 saturated heterocycles. The number of benzene rings is 3. The molecule has 3 nitrogen and oxygen atoms in total. The number of anilines is 2. The summed E-state index contributed by atoms with van der Waals surface area (Å²) in [5, 5.41) is 7.19. The zero-order valence-electron chi connectivity index (χ0n) is 16.5. The summed E-state index contributed by atoms with van der Waals surface area (Å²) in [5.41, 5.74) is 5.38. The van der Waals surface area contributed by atoms with Crippen LogP contribution < -0.4 is 15.4 Å². The summed E-state index contributed by atoms with van der Waals surface area (Å²) in [5.74, 6) is 1.21. The zero-order valence-corrected chi connectivity index (χ0v) is 17.3. The molecular weight excluding hydrogens is 364 g/mol. The number of hydrogen-bond donors (Lipinski definition) is 2. The summed E-state index contributed by atoms with van der Waals surface area (Å²) in [6.45, 7) is 4.42. The second-order valence-electron chi connectivity index (χ2n) is 6.76. The van der Waals surface area contributed by atoms with Gasteiger partial charge >= 0.3 is 0 Å². The smallest absolute Gasteiger partial charge is 0.175 e. The van der Waals surface area contributed by atoms with E-state index in [2.05, 4.69) is 60.9 Å². The van der Waals surface area contributed by atoms with Crippen molar-refractivity contribution in [2.24, 2.45) is 0 Å². The van der Waals surface area contributed by atoms with Crippen LogP contribution in [0.2, 0.25) is 0 Å². The van der Waals surface area contributed by atoms with Crippen LogP contribution in [0.5, 0.6) is 5.75 Å². The van der Waals surface area contributed by atoms with Gasteiger partial charge in [0.2, 0.25) is 0 Å². The van der Waals surface area contributed by atoms with Crippen LogP contribution in [0.25, 0.3) is 11.1 Å². The van der Waals surface area contributed by atoms with E-state index in [9.17, 15) is 0 Å². The van der Waals surface area contributed by atoms with Gasteiger partial charge in [-0.05, 0) is 59.4 Å². The van der Waals surface area contributed by atoms with Gasteiger partial charge < -0.3 is 15.4 Å². The van der Waals surface area contributed by atoms with Gasteiger partial charge in [-0.2, -0.15) is 0 Å². The molecule has 1 atom stereocenters. The molecule has 144 valence electrons. The molecule has 0 aliphatic rings. The summed E-state index contributed by atoms with van der Waals surface area (Å²) in [6, 6.07) is 24.6. The van der Waals surface area contributed by atoms with E-state index in [-0.39, 0.29) is 0 Å². The maximum atomic E-state index is 5.59. The molecule has 28 heavy (non-hydrogen) atoms. The van der Waals surface area contributed by atoms with Crippen molar-refractivity contribution in [2.75, 3.05) is 17.7 Å². The molecule has 0 heterocycles. The molecule has 0 aromatic heterocycles. The highest BCUT2D eigenvalue weighted by molar-refractivity contribution is 7.80. The average molecular weight is 391 g/mol. The molecule has 4 heteroatoms. The number of ether oxygens (including phenoxy) is 1. The van der Waals surface area contributed by atoms with Crippen molar-refractivity contribution in [1.82, 2.24) is 0 Å². The summed E-state index contributed by atoms with van der Waals surface area (Å²) in [7, 11) is 1.66. The molecule has 0 radical (unpaired) electrons. The first-order valence-electron chi connectivity index (χ1n) is 9.52. The Labute approximate surface area is 172 Å². The SMILES string of the molecule is CCC(C)c1ccccc1NC(=S)Nc1cc(-c2ccccc2)ccc1OC. The van der Waals surface area contributed by atoms with Gasteiger partial charge in [0, 0.05) is 5.69 Å². The third-order valence-corrected chi connectivity index (χ3v) is 5.11. The molecule has 2 N–H and O–H groups in total. The van der Waals surface area contributed by atoms with Gasteiger partial charge in [0.05, 0.1) is 12.8 Å². The maximum absolute atomic E-state index is 5.59. The molecule has 3 aromatic carbocycles. The molecule has 0 aliphatic heterocycles. The molecule has 0 saturated carbocycles. The summed E-state index contributed by atoms with van der Waals surface area (Å²) in [6.07, 6.45) is 1.08. The Balaban J connectivity index is 1.82. The summed E-state index contributed by atoms with van der Waals surface area (Å²) < 4.78 is 5.52. The van der Waals surface area contributed by atoms with E-state index in [1.165, 1.54) is 5.56 Å². The highest BCUT2D eigenvalue weighted by Crippen LogP contribution is 2.31. The molecule has 0 spiro atoms. The second-order valence-corrected chi connectivity index (χ2v) is 7.17. The van der Waals surface area contributed by atoms with Crippen molar-refractivity contribution in [1.29, 1.82) is 0 Å². The molecule has 1 unspecified atom stereocenters. The van der Waals surface area contributed by atoms with Crippen molar-refractivity contribution in [3.8, 4) is 16.9 Å². The predicted molar refractivity (Wildman–Crippen MR) is 123 cm³/mol. The number of rotatable bonds is 6. The van der Waals surface area contributed by atoms with Crippen molar-refractivity contribution in [3.63, 3.8) is 0 Å². The fourth-order valence-electron chi connectivity index (χ4n) is 3.15. The monoisotopic (exact) mass is 390 g/mol. The average Bonchev–Trinajstić information content (AvgIpc) is 2.74. The van der Waals surface area contributed by atoms with Crippen LogP contribution >= 0.6 is 12.2 Å². The molecule has 0 amide bonds. The van der Waals surface area contributed by atoms with Crippen molar-refractivity contribution in [2.45, 2.75) is 26.2 Å². The minimum atomic E-state index is 0.461. The van der Waals surface area contributed by atoms with Crippen LogP contribution in [0.3, 0.4) is 0 Å². The van der Waals surface area contributed by atoms with Crippen molar-refractivity contribution in [3.05, 3.63) is 78.4 Å². The lowest BCUT2D eigenvalue weighted by Crippen LogP contribution is -2.20. The fraction of sp³-hybridized carbons (Fsp3) is 0.208. The van der Waals surface area contributed by atoms with E-state index < -0.39 is 0 Å². The lowest BCUT2D eigenvalue weighted by molar-refractivity contribution is 0.417. The minimum Gasteiger partial charge on any atom is -0.495 e. The Bertz CT molecular complexity index is 940. The van der Waals surface area contributed by atoms with E-state index in [0.29, 0.717) is 11.0 Å². The third-order valence-electron chi connectivity index (χ3n) is 4.91. The van der Waals surface area contributed by atoms with Crippen LogP contribution in [0.1, 0.15) is 31.7 Å². The first kappa shape index (κ1) is 19.9. The Morgan fingerprint density at radius 1 is 0.893 bits per heavy atom. The highest BCUT2D eigenvalue weighted by Gasteiger charge is 2.11. The van der Waals surface area contributed by atoms with Gasteiger partial charge in [-0.15, -0.1) is 0 Å². The van der Waals surface area contributed by atoms with E-state index in [1.54, 1.807) is 7.11 Å². The molecule has 3 aromatic rings. The van der Waals surface area contributed by atoms with E-state index in [4.69, 9.17) is 17.0 Å². The van der Waals surface area contributed by atoms with Crippen molar-refractivity contribution >= 4 is 28.7 Å². The summed E-state index contributed by atoms with van der Waals surface area (Å²) in [4.78, 5) is 0.